The van der Waals surface area contributed by atoms with Gasteiger partial charge < -0.3 is 9.80 Å². The molecule has 128 valence electrons. The third-order valence-corrected chi connectivity index (χ3v) is 4.99. The highest BCUT2D eigenvalue weighted by atomic mass is 16.2. The van der Waals surface area contributed by atoms with Gasteiger partial charge in [0, 0.05) is 24.5 Å². The van der Waals surface area contributed by atoms with E-state index in [1.807, 2.05) is 23.1 Å². The molecule has 0 radical (unpaired) electrons. The molecule has 1 aliphatic heterocycles. The average Bonchev–Trinajstić information content (AvgIpc) is 3.02. The molecule has 24 heavy (non-hydrogen) atoms. The van der Waals surface area contributed by atoms with Crippen molar-refractivity contribution in [3.63, 3.8) is 0 Å². The van der Waals surface area contributed by atoms with E-state index in [1.165, 1.54) is 6.20 Å². The summed E-state index contributed by atoms with van der Waals surface area (Å²) in [6.07, 6.45) is 2.35. The first-order valence-electron chi connectivity index (χ1n) is 8.40. The Morgan fingerprint density at radius 1 is 1.29 bits per heavy atom. The third kappa shape index (κ3) is 3.06. The molecule has 0 unspecified atom stereocenters. The van der Waals surface area contributed by atoms with Crippen LogP contribution in [0.3, 0.4) is 0 Å². The second-order valence-electron chi connectivity index (χ2n) is 6.68. The van der Waals surface area contributed by atoms with Crippen LogP contribution in [0.25, 0.3) is 10.9 Å². The van der Waals surface area contributed by atoms with E-state index in [2.05, 4.69) is 31.0 Å². The number of benzene rings is 1. The molecule has 0 spiro atoms. The molecule has 6 nitrogen and oxygen atoms in total. The molecular formula is C18H24N4O2. The average molecular weight is 328 g/mol. The van der Waals surface area contributed by atoms with Gasteiger partial charge in [0.25, 0.3) is 0 Å². The lowest BCUT2D eigenvalue weighted by atomic mass is 10.0. The molecule has 1 aromatic heterocycles. The van der Waals surface area contributed by atoms with Crippen LogP contribution in [0.1, 0.15) is 13.3 Å². The zero-order valence-electron chi connectivity index (χ0n) is 14.5. The number of hydrogen-bond donors (Lipinski definition) is 0. The molecule has 2 heterocycles. The van der Waals surface area contributed by atoms with Crippen LogP contribution in [0.2, 0.25) is 0 Å². The number of para-hydroxylation sites is 1. The Morgan fingerprint density at radius 2 is 2.04 bits per heavy atom. The number of fused-ring (bicyclic) bond motifs is 1. The fraction of sp³-hybridized carbons (Fsp3) is 0.500. The molecule has 0 N–H and O–H groups in total. The first-order chi connectivity index (χ1) is 11.5. The van der Waals surface area contributed by atoms with Crippen molar-refractivity contribution in [1.29, 1.82) is 0 Å². The van der Waals surface area contributed by atoms with E-state index in [4.69, 9.17) is 0 Å². The van der Waals surface area contributed by atoms with E-state index < -0.39 is 0 Å². The Hall–Kier alpha value is -2.21. The monoisotopic (exact) mass is 328 g/mol. The van der Waals surface area contributed by atoms with Crippen molar-refractivity contribution in [3.05, 3.63) is 40.7 Å². The van der Waals surface area contributed by atoms with Gasteiger partial charge in [0.1, 0.15) is 6.54 Å². The molecule has 0 saturated carbocycles. The fourth-order valence-electron chi connectivity index (χ4n) is 3.56. The first kappa shape index (κ1) is 16.6. The maximum atomic E-state index is 12.7. The van der Waals surface area contributed by atoms with Crippen LogP contribution in [0, 0.1) is 5.92 Å². The summed E-state index contributed by atoms with van der Waals surface area (Å²) in [5, 5.41) is 4.75. The van der Waals surface area contributed by atoms with Crippen molar-refractivity contribution >= 4 is 16.8 Å². The summed E-state index contributed by atoms with van der Waals surface area (Å²) in [5.41, 5.74) is 0.586. The highest BCUT2D eigenvalue weighted by Crippen LogP contribution is 2.23. The summed E-state index contributed by atoms with van der Waals surface area (Å²) in [7, 11) is 4.14. The summed E-state index contributed by atoms with van der Waals surface area (Å²) >= 11 is 0. The number of hydrogen-bond acceptors (Lipinski definition) is 4. The Labute approximate surface area is 141 Å². The van der Waals surface area contributed by atoms with Crippen LogP contribution in [-0.4, -0.2) is 58.7 Å². The largest absolute Gasteiger partial charge is 0.339 e. The van der Waals surface area contributed by atoms with Gasteiger partial charge in [-0.1, -0.05) is 25.5 Å². The van der Waals surface area contributed by atoms with E-state index in [9.17, 15) is 9.59 Å². The van der Waals surface area contributed by atoms with Crippen molar-refractivity contribution < 1.29 is 4.79 Å². The zero-order chi connectivity index (χ0) is 17.3. The zero-order valence-corrected chi connectivity index (χ0v) is 14.5. The lowest BCUT2D eigenvalue weighted by Gasteiger charge is -2.23. The molecule has 2 atom stereocenters. The Kier molecular flexibility index (Phi) is 4.66. The molecule has 3 rings (SSSR count). The van der Waals surface area contributed by atoms with Crippen LogP contribution >= 0.6 is 0 Å². The van der Waals surface area contributed by atoms with E-state index in [0.717, 1.165) is 19.5 Å². The van der Waals surface area contributed by atoms with Gasteiger partial charge in [-0.15, -0.1) is 0 Å². The van der Waals surface area contributed by atoms with Gasteiger partial charge in [0.05, 0.1) is 11.7 Å². The van der Waals surface area contributed by atoms with Crippen LogP contribution in [0.15, 0.2) is 35.3 Å². The van der Waals surface area contributed by atoms with Gasteiger partial charge in [-0.05, 0) is 32.1 Å². The van der Waals surface area contributed by atoms with Crippen molar-refractivity contribution in [2.75, 3.05) is 27.2 Å². The topological polar surface area (TPSA) is 58.4 Å². The molecule has 0 bridgehead atoms. The number of carbonyl (C=O) groups excluding carboxylic acids is 1. The summed E-state index contributed by atoms with van der Waals surface area (Å²) in [6.45, 7) is 3.88. The predicted octanol–water partition coefficient (Wildman–Crippen LogP) is 1.20. The SMILES string of the molecule is CC[C@H]1CN(C(=O)Cn2ncc(=O)c3ccccc32)C[C@@H]1N(C)C. The van der Waals surface area contributed by atoms with Gasteiger partial charge in [-0.3, -0.25) is 14.3 Å². The molecule has 1 aromatic carbocycles. The Bertz CT molecular complexity index is 799. The fourth-order valence-corrected chi connectivity index (χ4v) is 3.56. The smallest absolute Gasteiger partial charge is 0.244 e. The van der Waals surface area contributed by atoms with Crippen molar-refractivity contribution in [3.8, 4) is 0 Å². The molecule has 1 amide bonds. The van der Waals surface area contributed by atoms with Gasteiger partial charge in [-0.2, -0.15) is 5.10 Å². The lowest BCUT2D eigenvalue weighted by Crippen LogP contribution is -2.37. The maximum absolute atomic E-state index is 12.7. The van der Waals surface area contributed by atoms with Crippen molar-refractivity contribution in [1.82, 2.24) is 19.6 Å². The summed E-state index contributed by atoms with van der Waals surface area (Å²) in [6, 6.07) is 7.68. The summed E-state index contributed by atoms with van der Waals surface area (Å²) < 4.78 is 1.63. The minimum Gasteiger partial charge on any atom is -0.339 e. The van der Waals surface area contributed by atoms with E-state index in [0.29, 0.717) is 22.9 Å². The van der Waals surface area contributed by atoms with E-state index >= 15 is 0 Å². The van der Waals surface area contributed by atoms with Crippen LogP contribution < -0.4 is 5.43 Å². The standard InChI is InChI=1S/C18H24N4O2/c1-4-13-10-21(11-16(13)20(2)3)18(24)12-22-15-8-6-5-7-14(15)17(23)9-19-22/h5-9,13,16H,4,10-12H2,1-3H3/t13-,16-/m0/s1. The molecular weight excluding hydrogens is 304 g/mol. The number of likely N-dealkylation sites (N-methyl/N-ethyl adjacent to an activating group) is 1. The van der Waals surface area contributed by atoms with Crippen LogP contribution in [-0.2, 0) is 11.3 Å². The molecule has 1 fully saturated rings. The van der Waals surface area contributed by atoms with Gasteiger partial charge in [0.15, 0.2) is 0 Å². The molecule has 0 aliphatic carbocycles. The highest BCUT2D eigenvalue weighted by Gasteiger charge is 2.35. The number of carbonyl (C=O) groups is 1. The maximum Gasteiger partial charge on any atom is 0.244 e. The van der Waals surface area contributed by atoms with Gasteiger partial charge >= 0.3 is 0 Å². The van der Waals surface area contributed by atoms with Crippen LogP contribution in [0.4, 0.5) is 0 Å². The summed E-state index contributed by atoms with van der Waals surface area (Å²) in [5.74, 6) is 0.557. The second kappa shape index (κ2) is 6.73. The molecule has 6 heteroatoms. The summed E-state index contributed by atoms with van der Waals surface area (Å²) in [4.78, 5) is 28.8. The molecule has 2 aromatic rings. The minimum absolute atomic E-state index is 0.0547. The number of aromatic nitrogens is 2. The number of rotatable bonds is 4. The van der Waals surface area contributed by atoms with Crippen LogP contribution in [0.5, 0.6) is 0 Å². The van der Waals surface area contributed by atoms with Gasteiger partial charge in [0.2, 0.25) is 11.3 Å². The van der Waals surface area contributed by atoms with Crippen molar-refractivity contribution in [2.24, 2.45) is 5.92 Å². The highest BCUT2D eigenvalue weighted by molar-refractivity contribution is 5.81. The Balaban J connectivity index is 1.81. The lowest BCUT2D eigenvalue weighted by molar-refractivity contribution is -0.131. The van der Waals surface area contributed by atoms with E-state index in [-0.39, 0.29) is 17.9 Å². The first-order valence-corrected chi connectivity index (χ1v) is 8.40. The number of nitrogens with zero attached hydrogens (tertiary/aromatic N) is 4. The Morgan fingerprint density at radius 3 is 2.71 bits per heavy atom. The van der Waals surface area contributed by atoms with E-state index in [1.54, 1.807) is 10.7 Å². The molecule has 1 aliphatic rings. The van der Waals surface area contributed by atoms with Crippen molar-refractivity contribution in [2.45, 2.75) is 25.9 Å². The number of amides is 1. The quantitative estimate of drug-likeness (QED) is 0.846. The molecule has 1 saturated heterocycles. The normalized spacial score (nSPS) is 20.9. The second-order valence-corrected chi connectivity index (χ2v) is 6.68. The minimum atomic E-state index is -0.116. The predicted molar refractivity (Wildman–Crippen MR) is 93.8 cm³/mol. The van der Waals surface area contributed by atoms with Gasteiger partial charge in [-0.25, -0.2) is 0 Å². The third-order valence-electron chi connectivity index (χ3n) is 4.99. The number of likely N-dealkylation sites (tertiary alicyclic amines) is 1.